The average Bonchev–Trinajstić information content (AvgIpc) is 2.99. The third kappa shape index (κ3) is 3.12. The van der Waals surface area contributed by atoms with Crippen LogP contribution in [0.1, 0.15) is 31.1 Å². The molecule has 0 saturated carbocycles. The summed E-state index contributed by atoms with van der Waals surface area (Å²) < 4.78 is 1.68. The fourth-order valence-electron chi connectivity index (χ4n) is 2.34. The Balaban J connectivity index is 2.00. The third-order valence-electron chi connectivity index (χ3n) is 4.14. The highest BCUT2D eigenvalue weighted by Gasteiger charge is 2.18. The Kier molecular flexibility index (Phi) is 4.53. The van der Waals surface area contributed by atoms with Crippen molar-refractivity contribution < 1.29 is 4.79 Å². The molecule has 5 nitrogen and oxygen atoms in total. The minimum Gasteiger partial charge on any atom is -0.349 e. The molecule has 0 unspecified atom stereocenters. The lowest BCUT2D eigenvalue weighted by Gasteiger charge is -2.16. The molecule has 0 radical (unpaired) electrons. The van der Waals surface area contributed by atoms with Crippen LogP contribution in [-0.2, 0) is 0 Å². The molecule has 0 bridgehead atoms. The number of rotatable bonds is 4. The maximum Gasteiger partial charge on any atom is 0.256 e. The molecule has 24 heavy (non-hydrogen) atoms. The zero-order valence-electron chi connectivity index (χ0n) is 13.8. The van der Waals surface area contributed by atoms with E-state index in [0.29, 0.717) is 22.2 Å². The molecule has 3 aromatic rings. The summed E-state index contributed by atoms with van der Waals surface area (Å²) in [6, 6.07) is 9.42. The number of nitrogens with one attached hydrogen (secondary N) is 1. The molecule has 6 heteroatoms. The molecule has 0 saturated heterocycles. The molecule has 0 fully saturated rings. The molecule has 0 aliphatic carbocycles. The van der Waals surface area contributed by atoms with Gasteiger partial charge in [-0.1, -0.05) is 37.6 Å². The maximum atomic E-state index is 12.5. The van der Waals surface area contributed by atoms with Crippen molar-refractivity contribution in [2.24, 2.45) is 5.92 Å². The van der Waals surface area contributed by atoms with Gasteiger partial charge in [-0.05, 0) is 31.0 Å². The number of hydrogen-bond donors (Lipinski definition) is 1. The molecule has 2 heterocycles. The summed E-state index contributed by atoms with van der Waals surface area (Å²) in [7, 11) is 0. The van der Waals surface area contributed by atoms with Crippen molar-refractivity contribution >= 4 is 23.2 Å². The lowest BCUT2D eigenvalue weighted by atomic mass is 10.1. The van der Waals surface area contributed by atoms with E-state index in [4.69, 9.17) is 11.6 Å². The Morgan fingerprint density at radius 1 is 1.17 bits per heavy atom. The normalized spacial score (nSPS) is 12.5. The minimum atomic E-state index is -0.160. The predicted octanol–water partition coefficient (Wildman–Crippen LogP) is 3.82. The average molecular weight is 343 g/mol. The Bertz CT molecular complexity index is 870. The van der Waals surface area contributed by atoms with Crippen molar-refractivity contribution in [1.82, 2.24) is 19.9 Å². The first-order valence-electron chi connectivity index (χ1n) is 7.87. The first-order chi connectivity index (χ1) is 11.5. The van der Waals surface area contributed by atoms with Crippen LogP contribution in [0.15, 0.2) is 42.7 Å². The smallest absolute Gasteiger partial charge is 0.256 e. The van der Waals surface area contributed by atoms with E-state index in [1.54, 1.807) is 16.9 Å². The Labute approximate surface area is 145 Å². The van der Waals surface area contributed by atoms with Gasteiger partial charge < -0.3 is 5.32 Å². The van der Waals surface area contributed by atoms with Gasteiger partial charge in [0.25, 0.3) is 5.91 Å². The van der Waals surface area contributed by atoms with Crippen LogP contribution >= 0.6 is 11.6 Å². The van der Waals surface area contributed by atoms with E-state index in [1.165, 1.54) is 0 Å². The lowest BCUT2D eigenvalue weighted by molar-refractivity contribution is 0.0932. The van der Waals surface area contributed by atoms with Gasteiger partial charge in [0.1, 0.15) is 5.56 Å². The lowest BCUT2D eigenvalue weighted by Crippen LogP contribution is -2.36. The first kappa shape index (κ1) is 16.5. The van der Waals surface area contributed by atoms with Crippen LogP contribution in [0.5, 0.6) is 0 Å². The van der Waals surface area contributed by atoms with Crippen molar-refractivity contribution in [1.29, 1.82) is 0 Å². The highest BCUT2D eigenvalue weighted by Crippen LogP contribution is 2.22. The summed E-state index contributed by atoms with van der Waals surface area (Å²) in [6.45, 7) is 6.12. The molecule has 124 valence electrons. The molecule has 3 rings (SSSR count). The Morgan fingerprint density at radius 2 is 1.88 bits per heavy atom. The van der Waals surface area contributed by atoms with E-state index in [2.05, 4.69) is 29.2 Å². The van der Waals surface area contributed by atoms with Crippen LogP contribution < -0.4 is 5.32 Å². The first-order valence-corrected chi connectivity index (χ1v) is 8.24. The SMILES string of the molecule is CC(C)[C@H](C)NC(=O)c1cnn2c(-c3ccc(Cl)cc3)ccnc12. The molecule has 0 aliphatic heterocycles. The number of carbonyl (C=O) groups excluding carboxylic acids is 1. The molecule has 1 aromatic carbocycles. The molecule has 1 atom stereocenters. The van der Waals surface area contributed by atoms with Crippen LogP contribution in [0, 0.1) is 5.92 Å². The van der Waals surface area contributed by atoms with Gasteiger partial charge in [-0.25, -0.2) is 9.50 Å². The fourth-order valence-corrected chi connectivity index (χ4v) is 2.47. The van der Waals surface area contributed by atoms with Crippen molar-refractivity contribution in [3.05, 3.63) is 53.3 Å². The van der Waals surface area contributed by atoms with Gasteiger partial charge in [-0.2, -0.15) is 5.10 Å². The Hall–Kier alpha value is -2.40. The van der Waals surface area contributed by atoms with Gasteiger partial charge >= 0.3 is 0 Å². The molecular weight excluding hydrogens is 324 g/mol. The highest BCUT2D eigenvalue weighted by molar-refractivity contribution is 6.30. The second-order valence-electron chi connectivity index (χ2n) is 6.14. The topological polar surface area (TPSA) is 59.3 Å². The number of benzene rings is 1. The van der Waals surface area contributed by atoms with E-state index in [1.807, 2.05) is 37.3 Å². The van der Waals surface area contributed by atoms with E-state index in [9.17, 15) is 4.79 Å². The summed E-state index contributed by atoms with van der Waals surface area (Å²) in [5.41, 5.74) is 2.82. The molecule has 0 spiro atoms. The number of nitrogens with zero attached hydrogens (tertiary/aromatic N) is 3. The largest absolute Gasteiger partial charge is 0.349 e. The molecule has 0 aliphatic rings. The second-order valence-corrected chi connectivity index (χ2v) is 6.57. The summed E-state index contributed by atoms with van der Waals surface area (Å²) in [4.78, 5) is 16.8. The van der Waals surface area contributed by atoms with Crippen LogP contribution in [0.3, 0.4) is 0 Å². The summed E-state index contributed by atoms with van der Waals surface area (Å²) in [5, 5.41) is 8.02. The number of halogens is 1. The van der Waals surface area contributed by atoms with Crippen LogP contribution in [0.4, 0.5) is 0 Å². The standard InChI is InChI=1S/C18H19ClN4O/c1-11(2)12(3)22-18(24)15-10-21-23-16(8-9-20-17(15)23)13-4-6-14(19)7-5-13/h4-12H,1-3H3,(H,22,24)/t12-/m0/s1. The summed E-state index contributed by atoms with van der Waals surface area (Å²) in [5.74, 6) is 0.195. The van der Waals surface area contributed by atoms with E-state index in [0.717, 1.165) is 11.3 Å². The zero-order chi connectivity index (χ0) is 17.3. The molecule has 1 N–H and O–H groups in total. The molecule has 1 amide bonds. The number of aromatic nitrogens is 3. The van der Waals surface area contributed by atoms with Gasteiger partial charge in [0.2, 0.25) is 0 Å². The van der Waals surface area contributed by atoms with Gasteiger partial charge in [0, 0.05) is 22.8 Å². The van der Waals surface area contributed by atoms with Crippen molar-refractivity contribution in [2.75, 3.05) is 0 Å². The van der Waals surface area contributed by atoms with E-state index in [-0.39, 0.29) is 11.9 Å². The third-order valence-corrected chi connectivity index (χ3v) is 4.40. The fraction of sp³-hybridized carbons (Fsp3) is 0.278. The van der Waals surface area contributed by atoms with E-state index < -0.39 is 0 Å². The molecule has 2 aromatic heterocycles. The zero-order valence-corrected chi connectivity index (χ0v) is 14.6. The van der Waals surface area contributed by atoms with E-state index >= 15 is 0 Å². The van der Waals surface area contributed by atoms with Gasteiger partial charge in [0.05, 0.1) is 11.9 Å². The summed E-state index contributed by atoms with van der Waals surface area (Å²) >= 11 is 5.95. The second kappa shape index (κ2) is 6.61. The van der Waals surface area contributed by atoms with Crippen molar-refractivity contribution in [3.8, 4) is 11.3 Å². The number of carbonyl (C=O) groups is 1. The highest BCUT2D eigenvalue weighted by atomic mass is 35.5. The maximum absolute atomic E-state index is 12.5. The van der Waals surface area contributed by atoms with Gasteiger partial charge in [-0.15, -0.1) is 0 Å². The Morgan fingerprint density at radius 3 is 2.54 bits per heavy atom. The van der Waals surface area contributed by atoms with Crippen molar-refractivity contribution in [2.45, 2.75) is 26.8 Å². The van der Waals surface area contributed by atoms with Gasteiger partial charge in [0.15, 0.2) is 5.65 Å². The van der Waals surface area contributed by atoms with Crippen LogP contribution in [0.25, 0.3) is 16.9 Å². The number of fused-ring (bicyclic) bond motifs is 1. The monoisotopic (exact) mass is 342 g/mol. The molecular formula is C18H19ClN4O. The van der Waals surface area contributed by atoms with Crippen LogP contribution in [0.2, 0.25) is 5.02 Å². The van der Waals surface area contributed by atoms with Crippen molar-refractivity contribution in [3.63, 3.8) is 0 Å². The minimum absolute atomic E-state index is 0.0758. The van der Waals surface area contributed by atoms with Gasteiger partial charge in [-0.3, -0.25) is 4.79 Å². The predicted molar refractivity (Wildman–Crippen MR) is 95.2 cm³/mol. The van der Waals surface area contributed by atoms with Crippen LogP contribution in [-0.4, -0.2) is 26.5 Å². The number of hydrogen-bond acceptors (Lipinski definition) is 3. The number of amides is 1. The quantitative estimate of drug-likeness (QED) is 0.784. The summed E-state index contributed by atoms with van der Waals surface area (Å²) in [6.07, 6.45) is 3.24.